The largest absolute Gasteiger partial charge is 0.456 e. The number of furan rings is 1. The lowest BCUT2D eigenvalue weighted by atomic mass is 9.89. The minimum Gasteiger partial charge on any atom is -0.456 e. The third kappa shape index (κ3) is 4.02. The highest BCUT2D eigenvalue weighted by atomic mass is 32.2. The van der Waals surface area contributed by atoms with Gasteiger partial charge in [-0.25, -0.2) is 4.98 Å². The van der Waals surface area contributed by atoms with Crippen LogP contribution >= 0.6 is 23.1 Å². The highest BCUT2D eigenvalue weighted by molar-refractivity contribution is 8.00. The number of benzene rings is 1. The Morgan fingerprint density at radius 2 is 1.88 bits per heavy atom. The van der Waals surface area contributed by atoms with E-state index in [2.05, 4.69) is 6.07 Å². The van der Waals surface area contributed by atoms with Crippen LogP contribution in [0.4, 0.5) is 0 Å². The van der Waals surface area contributed by atoms with E-state index in [0.29, 0.717) is 16.3 Å². The molecule has 4 aromatic rings. The molecule has 1 aromatic carbocycles. The molecule has 3 heterocycles. The van der Waals surface area contributed by atoms with Crippen LogP contribution in [0.15, 0.2) is 69.4 Å². The number of ketones is 1. The maximum Gasteiger partial charge on any atom is 0.183 e. The first-order valence-electron chi connectivity index (χ1n) is 10.6. The zero-order valence-electron chi connectivity index (χ0n) is 17.3. The quantitative estimate of drug-likeness (QED) is 0.236. The lowest BCUT2D eigenvalue weighted by molar-refractivity contribution is 0.102. The molecule has 32 heavy (non-hydrogen) atoms. The summed E-state index contributed by atoms with van der Waals surface area (Å²) in [6.45, 7) is 0. The molecule has 0 N–H and O–H groups in total. The Labute approximate surface area is 194 Å². The molecule has 0 fully saturated rings. The van der Waals surface area contributed by atoms with Crippen LogP contribution in [0.1, 0.15) is 39.3 Å². The first-order chi connectivity index (χ1) is 15.7. The summed E-state index contributed by atoms with van der Waals surface area (Å²) in [5.41, 5.74) is 4.47. The third-order valence-electron chi connectivity index (χ3n) is 5.60. The van der Waals surface area contributed by atoms with Gasteiger partial charge in [0.1, 0.15) is 22.6 Å². The van der Waals surface area contributed by atoms with Gasteiger partial charge in [-0.2, -0.15) is 5.26 Å². The molecule has 5 rings (SSSR count). The van der Waals surface area contributed by atoms with Gasteiger partial charge >= 0.3 is 0 Å². The SMILES string of the molecule is N#Cc1c(SCC(=O)c2cccs2)nc2c(c1-c1ccc(-c3ccccc3)o1)CCCC2. The van der Waals surface area contributed by atoms with Crippen molar-refractivity contribution in [2.45, 2.75) is 30.7 Å². The standard InChI is InChI=1S/C26H20N2O2S2/c27-15-19-25(23-13-12-22(30-23)17-7-2-1-3-8-17)18-9-4-5-10-20(18)28-26(19)32-16-21(29)24-11-6-14-31-24/h1-3,6-8,11-14H,4-5,9-10,16H2. The lowest BCUT2D eigenvalue weighted by Crippen LogP contribution is -2.11. The van der Waals surface area contributed by atoms with E-state index >= 15 is 0 Å². The number of thioether (sulfide) groups is 1. The highest BCUT2D eigenvalue weighted by Crippen LogP contribution is 2.40. The van der Waals surface area contributed by atoms with Gasteiger partial charge < -0.3 is 4.42 Å². The Kier molecular flexibility index (Phi) is 5.93. The first-order valence-corrected chi connectivity index (χ1v) is 12.4. The molecule has 1 aliphatic carbocycles. The number of fused-ring (bicyclic) bond motifs is 1. The fourth-order valence-electron chi connectivity index (χ4n) is 4.07. The Bertz CT molecular complexity index is 1300. The van der Waals surface area contributed by atoms with E-state index in [1.807, 2.05) is 60.0 Å². The number of pyridine rings is 1. The number of aromatic nitrogens is 1. The number of aryl methyl sites for hydroxylation is 1. The Morgan fingerprint density at radius 1 is 1.06 bits per heavy atom. The van der Waals surface area contributed by atoms with E-state index in [9.17, 15) is 10.1 Å². The topological polar surface area (TPSA) is 66.9 Å². The number of rotatable bonds is 6. The first kappa shape index (κ1) is 20.7. The minimum atomic E-state index is 0.0549. The van der Waals surface area contributed by atoms with Crippen LogP contribution in [0.2, 0.25) is 0 Å². The van der Waals surface area contributed by atoms with Crippen molar-refractivity contribution in [3.05, 3.63) is 81.7 Å². The predicted octanol–water partition coefficient (Wildman–Crippen LogP) is 6.80. The zero-order chi connectivity index (χ0) is 21.9. The van der Waals surface area contributed by atoms with Gasteiger partial charge in [-0.05, 0) is 54.8 Å². The van der Waals surface area contributed by atoms with Crippen molar-refractivity contribution < 1.29 is 9.21 Å². The Morgan fingerprint density at radius 3 is 2.66 bits per heavy atom. The molecule has 6 heteroatoms. The summed E-state index contributed by atoms with van der Waals surface area (Å²) in [5, 5.41) is 12.6. The van der Waals surface area contributed by atoms with E-state index in [1.165, 1.54) is 23.1 Å². The van der Waals surface area contributed by atoms with Crippen LogP contribution in [0.3, 0.4) is 0 Å². The number of hydrogen-bond acceptors (Lipinski definition) is 6. The molecule has 0 saturated heterocycles. The summed E-state index contributed by atoms with van der Waals surface area (Å²) < 4.78 is 6.25. The summed E-state index contributed by atoms with van der Waals surface area (Å²) >= 11 is 2.78. The normalized spacial score (nSPS) is 12.8. The van der Waals surface area contributed by atoms with Crippen molar-refractivity contribution in [3.63, 3.8) is 0 Å². The van der Waals surface area contributed by atoms with E-state index in [4.69, 9.17) is 9.40 Å². The second-order valence-corrected chi connectivity index (χ2v) is 9.54. The van der Waals surface area contributed by atoms with E-state index in [-0.39, 0.29) is 11.5 Å². The fourth-order valence-corrected chi connectivity index (χ4v) is 5.72. The highest BCUT2D eigenvalue weighted by Gasteiger charge is 2.25. The molecule has 158 valence electrons. The molecule has 1 aliphatic rings. The molecule has 0 spiro atoms. The zero-order valence-corrected chi connectivity index (χ0v) is 19.0. The van der Waals surface area contributed by atoms with Crippen molar-refractivity contribution in [1.82, 2.24) is 4.98 Å². The molecule has 0 amide bonds. The average molecular weight is 457 g/mol. The van der Waals surface area contributed by atoms with Gasteiger partial charge in [0, 0.05) is 16.8 Å². The van der Waals surface area contributed by atoms with Crippen LogP contribution < -0.4 is 0 Å². The monoisotopic (exact) mass is 456 g/mol. The number of Topliss-reactive ketones (excluding diaryl/α,β-unsaturated/α-hetero) is 1. The minimum absolute atomic E-state index is 0.0549. The van der Waals surface area contributed by atoms with E-state index in [1.54, 1.807) is 0 Å². The average Bonchev–Trinajstić information content (AvgIpc) is 3.55. The number of nitriles is 1. The predicted molar refractivity (Wildman–Crippen MR) is 128 cm³/mol. The molecule has 3 aromatic heterocycles. The molecular formula is C26H20N2O2S2. The van der Waals surface area contributed by atoms with Crippen LogP contribution in [0.25, 0.3) is 22.6 Å². The third-order valence-corrected chi connectivity index (χ3v) is 7.49. The molecule has 0 radical (unpaired) electrons. The van der Waals surface area contributed by atoms with Crippen LogP contribution in [0.5, 0.6) is 0 Å². The number of hydrogen-bond donors (Lipinski definition) is 0. The number of carbonyl (C=O) groups is 1. The van der Waals surface area contributed by atoms with E-state index in [0.717, 1.165) is 58.7 Å². The van der Waals surface area contributed by atoms with Gasteiger partial charge in [-0.1, -0.05) is 48.2 Å². The second-order valence-electron chi connectivity index (χ2n) is 7.63. The fraction of sp³-hybridized carbons (Fsp3) is 0.192. The lowest BCUT2D eigenvalue weighted by Gasteiger charge is -2.20. The molecule has 4 nitrogen and oxygen atoms in total. The smallest absolute Gasteiger partial charge is 0.183 e. The molecule has 0 saturated carbocycles. The van der Waals surface area contributed by atoms with Crippen molar-refractivity contribution in [3.8, 4) is 28.7 Å². The summed E-state index contributed by atoms with van der Waals surface area (Å²) in [6, 6.07) is 19.9. The molecule has 0 bridgehead atoms. The van der Waals surface area contributed by atoms with Crippen LogP contribution in [-0.2, 0) is 12.8 Å². The van der Waals surface area contributed by atoms with Gasteiger partial charge in [0.2, 0.25) is 0 Å². The summed E-state index contributed by atoms with van der Waals surface area (Å²) in [5.74, 6) is 1.77. The van der Waals surface area contributed by atoms with Gasteiger partial charge in [-0.3, -0.25) is 4.79 Å². The van der Waals surface area contributed by atoms with Crippen molar-refractivity contribution in [2.75, 3.05) is 5.75 Å². The number of nitrogens with zero attached hydrogens (tertiary/aromatic N) is 2. The van der Waals surface area contributed by atoms with Gasteiger partial charge in [0.15, 0.2) is 5.78 Å². The van der Waals surface area contributed by atoms with Crippen molar-refractivity contribution in [2.24, 2.45) is 0 Å². The van der Waals surface area contributed by atoms with Gasteiger partial charge in [-0.15, -0.1) is 11.3 Å². The molecule has 0 aliphatic heterocycles. The van der Waals surface area contributed by atoms with Crippen molar-refractivity contribution in [1.29, 1.82) is 5.26 Å². The molecule has 0 atom stereocenters. The van der Waals surface area contributed by atoms with Crippen LogP contribution in [0, 0.1) is 11.3 Å². The summed E-state index contributed by atoms with van der Waals surface area (Å²) in [6.07, 6.45) is 3.92. The molecular weight excluding hydrogens is 436 g/mol. The number of carbonyl (C=O) groups excluding carboxylic acids is 1. The second kappa shape index (κ2) is 9.15. The molecule has 0 unspecified atom stereocenters. The van der Waals surface area contributed by atoms with E-state index < -0.39 is 0 Å². The van der Waals surface area contributed by atoms with Crippen LogP contribution in [-0.4, -0.2) is 16.5 Å². The Hall–Kier alpha value is -3.14. The maximum absolute atomic E-state index is 12.5. The summed E-state index contributed by atoms with van der Waals surface area (Å²) in [4.78, 5) is 18.1. The van der Waals surface area contributed by atoms with Crippen molar-refractivity contribution >= 4 is 28.9 Å². The Balaban J connectivity index is 1.56. The number of thiophene rings is 1. The summed E-state index contributed by atoms with van der Waals surface area (Å²) in [7, 11) is 0. The van der Waals surface area contributed by atoms with Gasteiger partial charge in [0.25, 0.3) is 0 Å². The maximum atomic E-state index is 12.5. The van der Waals surface area contributed by atoms with Gasteiger partial charge in [0.05, 0.1) is 16.2 Å².